The number of carbonyl (C=O) groups excluding carboxylic acids is 2. The third-order valence-electron chi connectivity index (χ3n) is 5.16. The fourth-order valence-electron chi connectivity index (χ4n) is 3.01. The van der Waals surface area contributed by atoms with E-state index in [0.29, 0.717) is 48.9 Å². The Labute approximate surface area is 155 Å². The Morgan fingerprint density at radius 2 is 1.77 bits per heavy atom. The minimum absolute atomic E-state index is 0.0348. The van der Waals surface area contributed by atoms with Crippen LogP contribution in [0.5, 0.6) is 11.5 Å². The van der Waals surface area contributed by atoms with Gasteiger partial charge in [0, 0.05) is 25.0 Å². The smallest absolute Gasteiger partial charge is 0.257 e. The van der Waals surface area contributed by atoms with Gasteiger partial charge in [-0.15, -0.1) is 0 Å². The molecule has 0 saturated carbocycles. The maximum atomic E-state index is 12.9. The second kappa shape index (κ2) is 8.92. The maximum absolute atomic E-state index is 12.9. The number of nitrogens with zero attached hydrogens (tertiary/aromatic N) is 1. The molecule has 144 valence electrons. The van der Waals surface area contributed by atoms with Gasteiger partial charge in [0.2, 0.25) is 5.91 Å². The molecule has 0 radical (unpaired) electrons. The van der Waals surface area contributed by atoms with Gasteiger partial charge in [0.05, 0.1) is 19.8 Å². The fourth-order valence-corrected chi connectivity index (χ4v) is 3.01. The summed E-state index contributed by atoms with van der Waals surface area (Å²) in [7, 11) is 3.11. The van der Waals surface area contributed by atoms with Gasteiger partial charge >= 0.3 is 0 Å². The summed E-state index contributed by atoms with van der Waals surface area (Å²) in [4.78, 5) is 27.1. The molecule has 1 aromatic rings. The lowest BCUT2D eigenvalue weighted by Gasteiger charge is -2.32. The summed E-state index contributed by atoms with van der Waals surface area (Å²) in [5, 5.41) is 3.08. The Morgan fingerprint density at radius 3 is 2.31 bits per heavy atom. The first-order valence-electron chi connectivity index (χ1n) is 9.19. The van der Waals surface area contributed by atoms with Crippen molar-refractivity contribution >= 4 is 11.8 Å². The summed E-state index contributed by atoms with van der Waals surface area (Å²) < 4.78 is 10.5. The molecular weight excluding hydrogens is 332 g/mol. The van der Waals surface area contributed by atoms with E-state index in [1.54, 1.807) is 37.3 Å². The molecule has 2 rings (SSSR count). The minimum Gasteiger partial charge on any atom is -0.497 e. The molecule has 1 aliphatic rings. The van der Waals surface area contributed by atoms with E-state index >= 15 is 0 Å². The van der Waals surface area contributed by atoms with Crippen molar-refractivity contribution in [2.24, 2.45) is 11.8 Å². The highest BCUT2D eigenvalue weighted by molar-refractivity contribution is 5.97. The van der Waals surface area contributed by atoms with Crippen molar-refractivity contribution in [1.29, 1.82) is 0 Å². The molecular formula is C20H30N2O4. The first-order chi connectivity index (χ1) is 12.4. The number of hydrogen-bond acceptors (Lipinski definition) is 4. The van der Waals surface area contributed by atoms with E-state index < -0.39 is 0 Å². The standard InChI is InChI=1S/C20H30N2O4/c1-13(2)14(3)21-19(23)15-8-10-22(11-9-15)20(24)17-12-16(25-4)6-7-18(17)26-5/h6-7,12-15H,8-11H2,1-5H3,(H,21,23). The Kier molecular flexibility index (Phi) is 6.89. The van der Waals surface area contributed by atoms with Crippen LogP contribution in [0.4, 0.5) is 0 Å². The molecule has 1 aromatic carbocycles. The number of benzene rings is 1. The number of hydrogen-bond donors (Lipinski definition) is 1. The van der Waals surface area contributed by atoms with Crippen molar-refractivity contribution in [3.05, 3.63) is 23.8 Å². The van der Waals surface area contributed by atoms with Gasteiger partial charge in [-0.1, -0.05) is 13.8 Å². The second-order valence-electron chi connectivity index (χ2n) is 7.17. The zero-order valence-electron chi connectivity index (χ0n) is 16.4. The average molecular weight is 362 g/mol. The number of rotatable bonds is 6. The molecule has 26 heavy (non-hydrogen) atoms. The minimum atomic E-state index is -0.0878. The summed E-state index contributed by atoms with van der Waals surface area (Å²) >= 11 is 0. The normalized spacial score (nSPS) is 16.3. The van der Waals surface area contributed by atoms with Gasteiger partial charge in [0.25, 0.3) is 5.91 Å². The molecule has 1 fully saturated rings. The van der Waals surface area contributed by atoms with Crippen LogP contribution in [0.15, 0.2) is 18.2 Å². The third-order valence-corrected chi connectivity index (χ3v) is 5.16. The van der Waals surface area contributed by atoms with Crippen molar-refractivity contribution in [2.45, 2.75) is 39.7 Å². The second-order valence-corrected chi connectivity index (χ2v) is 7.17. The topological polar surface area (TPSA) is 67.9 Å². The molecule has 6 heteroatoms. The summed E-state index contributed by atoms with van der Waals surface area (Å²) in [5.41, 5.74) is 0.489. The Hall–Kier alpha value is -2.24. The molecule has 1 aliphatic heterocycles. The molecule has 0 bridgehead atoms. The molecule has 1 N–H and O–H groups in total. The Morgan fingerprint density at radius 1 is 1.12 bits per heavy atom. The van der Waals surface area contributed by atoms with Crippen molar-refractivity contribution < 1.29 is 19.1 Å². The molecule has 1 saturated heterocycles. The molecule has 2 amide bonds. The number of methoxy groups -OCH3 is 2. The lowest BCUT2D eigenvalue weighted by Crippen LogP contribution is -2.45. The van der Waals surface area contributed by atoms with Gasteiger partial charge in [-0.2, -0.15) is 0 Å². The van der Waals surface area contributed by atoms with E-state index in [-0.39, 0.29) is 23.8 Å². The van der Waals surface area contributed by atoms with Gasteiger partial charge in [-0.25, -0.2) is 0 Å². The zero-order chi connectivity index (χ0) is 19.3. The van der Waals surface area contributed by atoms with Gasteiger partial charge in [0.1, 0.15) is 11.5 Å². The van der Waals surface area contributed by atoms with Crippen LogP contribution in [0, 0.1) is 11.8 Å². The molecule has 0 aliphatic carbocycles. The van der Waals surface area contributed by atoms with Gasteiger partial charge in [-0.3, -0.25) is 9.59 Å². The zero-order valence-corrected chi connectivity index (χ0v) is 16.4. The van der Waals surface area contributed by atoms with Crippen LogP contribution in [-0.4, -0.2) is 50.1 Å². The summed E-state index contributed by atoms with van der Waals surface area (Å²) in [5.74, 6) is 1.52. The fraction of sp³-hybridized carbons (Fsp3) is 0.600. The van der Waals surface area contributed by atoms with E-state index in [1.165, 1.54) is 0 Å². The van der Waals surface area contributed by atoms with E-state index in [4.69, 9.17) is 9.47 Å². The number of likely N-dealkylation sites (tertiary alicyclic amines) is 1. The number of piperidine rings is 1. The van der Waals surface area contributed by atoms with Crippen molar-refractivity contribution in [3.8, 4) is 11.5 Å². The predicted molar refractivity (Wildman–Crippen MR) is 101 cm³/mol. The predicted octanol–water partition coefficient (Wildman–Crippen LogP) is 2.72. The lowest BCUT2D eigenvalue weighted by atomic mass is 9.94. The first-order valence-corrected chi connectivity index (χ1v) is 9.19. The number of nitrogens with one attached hydrogen (secondary N) is 1. The van der Waals surface area contributed by atoms with Crippen LogP contribution < -0.4 is 14.8 Å². The largest absolute Gasteiger partial charge is 0.497 e. The van der Waals surface area contributed by atoms with Gasteiger partial charge in [-0.05, 0) is 43.9 Å². The maximum Gasteiger partial charge on any atom is 0.257 e. The molecule has 1 atom stereocenters. The quantitative estimate of drug-likeness (QED) is 0.845. The highest BCUT2D eigenvalue weighted by atomic mass is 16.5. The van der Waals surface area contributed by atoms with Crippen LogP contribution >= 0.6 is 0 Å². The SMILES string of the molecule is COc1ccc(OC)c(C(=O)N2CCC(C(=O)NC(C)C(C)C)CC2)c1. The number of carbonyl (C=O) groups is 2. The van der Waals surface area contributed by atoms with Gasteiger partial charge < -0.3 is 19.7 Å². The highest BCUT2D eigenvalue weighted by Crippen LogP contribution is 2.27. The van der Waals surface area contributed by atoms with E-state index in [2.05, 4.69) is 19.2 Å². The summed E-state index contributed by atoms with van der Waals surface area (Å²) in [6.07, 6.45) is 1.35. The molecule has 6 nitrogen and oxygen atoms in total. The summed E-state index contributed by atoms with van der Waals surface area (Å²) in [6, 6.07) is 5.36. The first kappa shape index (κ1) is 20.1. The van der Waals surface area contributed by atoms with Crippen LogP contribution in [0.2, 0.25) is 0 Å². The van der Waals surface area contributed by atoms with Crippen LogP contribution in [-0.2, 0) is 4.79 Å². The average Bonchev–Trinajstić information content (AvgIpc) is 2.66. The van der Waals surface area contributed by atoms with Crippen molar-refractivity contribution in [2.75, 3.05) is 27.3 Å². The van der Waals surface area contributed by atoms with E-state index in [9.17, 15) is 9.59 Å². The molecule has 0 spiro atoms. The number of amides is 2. The Balaban J connectivity index is 1.99. The van der Waals surface area contributed by atoms with Crippen molar-refractivity contribution in [1.82, 2.24) is 10.2 Å². The van der Waals surface area contributed by atoms with E-state index in [1.807, 2.05) is 6.92 Å². The van der Waals surface area contributed by atoms with Crippen LogP contribution in [0.25, 0.3) is 0 Å². The van der Waals surface area contributed by atoms with Crippen molar-refractivity contribution in [3.63, 3.8) is 0 Å². The monoisotopic (exact) mass is 362 g/mol. The van der Waals surface area contributed by atoms with Crippen LogP contribution in [0.1, 0.15) is 44.0 Å². The molecule has 1 heterocycles. The molecule has 0 aromatic heterocycles. The van der Waals surface area contributed by atoms with Gasteiger partial charge in [0.15, 0.2) is 0 Å². The summed E-state index contributed by atoms with van der Waals surface area (Å²) in [6.45, 7) is 7.33. The highest BCUT2D eigenvalue weighted by Gasteiger charge is 2.29. The van der Waals surface area contributed by atoms with Crippen LogP contribution in [0.3, 0.4) is 0 Å². The molecule has 1 unspecified atom stereocenters. The number of ether oxygens (including phenoxy) is 2. The van der Waals surface area contributed by atoms with E-state index in [0.717, 1.165) is 0 Å². The lowest BCUT2D eigenvalue weighted by molar-refractivity contribution is -0.127. The third kappa shape index (κ3) is 4.68. The Bertz CT molecular complexity index is 637.